The number of nitrogens with zero attached hydrogens (tertiary/aromatic N) is 1. The van der Waals surface area contributed by atoms with E-state index in [-0.39, 0.29) is 0 Å². The summed E-state index contributed by atoms with van der Waals surface area (Å²) in [4.78, 5) is 0. The van der Waals surface area contributed by atoms with E-state index in [2.05, 4.69) is 38.8 Å². The van der Waals surface area contributed by atoms with Crippen molar-refractivity contribution in [1.29, 1.82) is 0 Å². The molecule has 0 saturated heterocycles. The zero-order chi connectivity index (χ0) is 8.31. The van der Waals surface area contributed by atoms with Gasteiger partial charge in [0.25, 0.3) is 0 Å². The number of rotatable bonds is 3. The molecule has 0 radical (unpaired) electrons. The summed E-state index contributed by atoms with van der Waals surface area (Å²) in [7, 11) is -1.10. The highest BCUT2D eigenvalue weighted by Crippen LogP contribution is 2.09. The van der Waals surface area contributed by atoms with Gasteiger partial charge in [-0.15, -0.1) is 0 Å². The molecule has 0 N–H and O–H groups in total. The topological polar surface area (TPSA) is 3.24 Å². The van der Waals surface area contributed by atoms with E-state index in [1.54, 1.807) is 0 Å². The van der Waals surface area contributed by atoms with E-state index in [1.807, 2.05) is 0 Å². The Bertz CT molecular complexity index is 74.6. The first-order valence-corrected chi connectivity index (χ1v) is 7.30. The molecule has 0 aliphatic carbocycles. The van der Waals surface area contributed by atoms with Gasteiger partial charge in [-0.05, 0) is 18.6 Å². The van der Waals surface area contributed by atoms with Gasteiger partial charge in [0.05, 0.1) is 0 Å². The van der Waals surface area contributed by atoms with Crippen molar-refractivity contribution in [3.63, 3.8) is 0 Å². The third-order valence-corrected chi connectivity index (χ3v) is 4.29. The van der Waals surface area contributed by atoms with Gasteiger partial charge in [0, 0.05) is 0 Å². The maximum Gasteiger partial charge on any atom is 0.211 e. The monoisotopic (exact) mass is 179 g/mol. The van der Waals surface area contributed by atoms with Crippen molar-refractivity contribution in [3.8, 4) is 0 Å². The molecule has 0 spiro atoms. The summed E-state index contributed by atoms with van der Waals surface area (Å²) in [6.07, 6.45) is 0. The summed E-state index contributed by atoms with van der Waals surface area (Å²) in [6.45, 7) is 11.0. The van der Waals surface area contributed by atoms with Gasteiger partial charge in [0.1, 0.15) is 0 Å². The van der Waals surface area contributed by atoms with Crippen LogP contribution in [0, 0.1) is 0 Å². The molecule has 0 aliphatic heterocycles. The Labute approximate surface area is 70.8 Å². The molecule has 0 heterocycles. The Morgan fingerprint density at radius 1 is 1.10 bits per heavy atom. The third-order valence-electron chi connectivity index (χ3n) is 1.60. The first-order valence-electron chi connectivity index (χ1n) is 3.88. The van der Waals surface area contributed by atoms with Crippen LogP contribution in [0.15, 0.2) is 0 Å². The van der Waals surface area contributed by atoms with Crippen molar-refractivity contribution >= 4 is 19.3 Å². The van der Waals surface area contributed by atoms with Gasteiger partial charge in [-0.3, -0.25) is 0 Å². The molecular weight excluding hydrogens is 162 g/mol. The summed E-state index contributed by atoms with van der Waals surface area (Å²) >= 11 is 6.10. The summed E-state index contributed by atoms with van der Waals surface area (Å²) in [5.74, 6) is 0. The highest BCUT2D eigenvalue weighted by atomic mass is 35.6. The van der Waals surface area contributed by atoms with Crippen LogP contribution in [-0.4, -0.2) is 24.9 Å². The summed E-state index contributed by atoms with van der Waals surface area (Å²) in [5.41, 5.74) is 0. The standard InChI is InChI=1S/C7H18ClNSi/c1-6(2)9(7(3)4)10(5)8/h6-7,10H,1-5H3. The van der Waals surface area contributed by atoms with Crippen LogP contribution < -0.4 is 0 Å². The minimum Gasteiger partial charge on any atom is -0.310 e. The van der Waals surface area contributed by atoms with E-state index >= 15 is 0 Å². The maximum absolute atomic E-state index is 6.10. The molecule has 62 valence electrons. The largest absolute Gasteiger partial charge is 0.310 e. The first kappa shape index (κ1) is 10.5. The summed E-state index contributed by atoms with van der Waals surface area (Å²) < 4.78 is 2.40. The smallest absolute Gasteiger partial charge is 0.211 e. The van der Waals surface area contributed by atoms with E-state index < -0.39 is 8.27 Å². The Kier molecular flexibility index (Phi) is 4.57. The van der Waals surface area contributed by atoms with E-state index in [1.165, 1.54) is 0 Å². The molecule has 0 amide bonds. The van der Waals surface area contributed by atoms with Crippen molar-refractivity contribution in [1.82, 2.24) is 4.57 Å². The molecule has 1 nitrogen and oxygen atoms in total. The summed E-state index contributed by atoms with van der Waals surface area (Å²) in [5, 5.41) is 0. The molecule has 0 aromatic carbocycles. The van der Waals surface area contributed by atoms with Crippen LogP contribution in [-0.2, 0) is 0 Å². The average molecular weight is 180 g/mol. The number of halogens is 1. The maximum atomic E-state index is 6.10. The second-order valence-electron chi connectivity index (χ2n) is 3.21. The highest BCUT2D eigenvalue weighted by Gasteiger charge is 2.18. The van der Waals surface area contributed by atoms with Gasteiger partial charge in [-0.2, -0.15) is 11.1 Å². The number of hydrogen-bond acceptors (Lipinski definition) is 1. The van der Waals surface area contributed by atoms with Crippen LogP contribution in [0.5, 0.6) is 0 Å². The average Bonchev–Trinajstić information content (AvgIpc) is 1.59. The van der Waals surface area contributed by atoms with Gasteiger partial charge in [-0.1, -0.05) is 27.7 Å². The number of hydrogen-bond donors (Lipinski definition) is 0. The minimum absolute atomic E-state index is 0.596. The van der Waals surface area contributed by atoms with Gasteiger partial charge in [0.15, 0.2) is 0 Å². The third kappa shape index (κ3) is 3.04. The molecule has 0 aromatic heterocycles. The Hall–Kier alpha value is 0.467. The minimum atomic E-state index is -1.10. The van der Waals surface area contributed by atoms with Crippen LogP contribution in [0.25, 0.3) is 0 Å². The van der Waals surface area contributed by atoms with Crippen molar-refractivity contribution in [2.75, 3.05) is 0 Å². The van der Waals surface area contributed by atoms with Gasteiger partial charge in [0.2, 0.25) is 8.27 Å². The zero-order valence-corrected chi connectivity index (χ0v) is 9.47. The van der Waals surface area contributed by atoms with E-state index in [0.717, 1.165) is 0 Å². The van der Waals surface area contributed by atoms with Crippen molar-refractivity contribution in [3.05, 3.63) is 0 Å². The molecule has 0 saturated carbocycles. The molecule has 3 heteroatoms. The molecule has 0 rings (SSSR count). The first-order chi connectivity index (χ1) is 4.46. The van der Waals surface area contributed by atoms with E-state index in [4.69, 9.17) is 11.1 Å². The second kappa shape index (κ2) is 4.37. The fraction of sp³-hybridized carbons (Fsp3) is 1.00. The van der Waals surface area contributed by atoms with Crippen molar-refractivity contribution in [2.24, 2.45) is 0 Å². The fourth-order valence-corrected chi connectivity index (χ4v) is 4.41. The second-order valence-corrected chi connectivity index (χ2v) is 6.85. The lowest BCUT2D eigenvalue weighted by Crippen LogP contribution is -2.43. The van der Waals surface area contributed by atoms with Crippen molar-refractivity contribution in [2.45, 2.75) is 46.3 Å². The molecule has 1 atom stereocenters. The van der Waals surface area contributed by atoms with Crippen LogP contribution >= 0.6 is 11.1 Å². The predicted octanol–water partition coefficient (Wildman–Crippen LogP) is 2.19. The lowest BCUT2D eigenvalue weighted by molar-refractivity contribution is 0.310. The van der Waals surface area contributed by atoms with Gasteiger partial charge < -0.3 is 4.57 Å². The Morgan fingerprint density at radius 2 is 1.40 bits per heavy atom. The normalized spacial score (nSPS) is 15.3. The molecule has 0 bridgehead atoms. The van der Waals surface area contributed by atoms with Crippen LogP contribution in [0.4, 0.5) is 0 Å². The predicted molar refractivity (Wildman–Crippen MR) is 51.0 cm³/mol. The fourth-order valence-electron chi connectivity index (χ4n) is 1.42. The van der Waals surface area contributed by atoms with E-state index in [0.29, 0.717) is 12.1 Å². The van der Waals surface area contributed by atoms with E-state index in [9.17, 15) is 0 Å². The molecule has 1 unspecified atom stereocenters. The van der Waals surface area contributed by atoms with Crippen molar-refractivity contribution < 1.29 is 0 Å². The lowest BCUT2D eigenvalue weighted by Gasteiger charge is -2.32. The molecule has 0 aliphatic rings. The Balaban J connectivity index is 3.98. The highest BCUT2D eigenvalue weighted by molar-refractivity contribution is 7.04. The SMILES string of the molecule is CC(C)N(C(C)C)[SiH](C)Cl. The molecule has 10 heavy (non-hydrogen) atoms. The lowest BCUT2D eigenvalue weighted by atomic mass is 10.3. The summed E-state index contributed by atoms with van der Waals surface area (Å²) in [6, 6.07) is 1.19. The zero-order valence-electron chi connectivity index (χ0n) is 7.56. The molecule has 0 fully saturated rings. The van der Waals surface area contributed by atoms with Crippen LogP contribution in [0.3, 0.4) is 0 Å². The molecular formula is C7H18ClNSi. The quantitative estimate of drug-likeness (QED) is 0.475. The Morgan fingerprint density at radius 3 is 1.40 bits per heavy atom. The van der Waals surface area contributed by atoms with Gasteiger partial charge >= 0.3 is 0 Å². The van der Waals surface area contributed by atoms with Crippen LogP contribution in [0.2, 0.25) is 6.55 Å². The van der Waals surface area contributed by atoms with Crippen LogP contribution in [0.1, 0.15) is 27.7 Å². The van der Waals surface area contributed by atoms with Gasteiger partial charge in [-0.25, -0.2) is 0 Å². The molecule has 0 aromatic rings.